The van der Waals surface area contributed by atoms with Crippen molar-refractivity contribution in [3.8, 4) is 0 Å². The summed E-state index contributed by atoms with van der Waals surface area (Å²) in [5.74, 6) is 0.549. The zero-order valence-corrected chi connectivity index (χ0v) is 11.7. The molecule has 0 aliphatic heterocycles. The highest BCUT2D eigenvalue weighted by Crippen LogP contribution is 2.11. The van der Waals surface area contributed by atoms with Gasteiger partial charge in [0.2, 0.25) is 5.91 Å². The number of nitrogens with two attached hydrogens (primary N) is 1. The number of amides is 1. The second kappa shape index (κ2) is 6.34. The standard InChI is InChI=1S/C15H19N3O2/c1-10-13(11(2)20-18-10)9-17-15(19)14(16)8-12-6-4-3-5-7-12/h3-7,14H,8-9,16H2,1-2H3,(H,17,19)/t14-/m1/s1. The van der Waals surface area contributed by atoms with E-state index in [9.17, 15) is 4.79 Å². The second-order valence-corrected chi connectivity index (χ2v) is 4.82. The molecule has 5 nitrogen and oxygen atoms in total. The third-order valence-corrected chi connectivity index (χ3v) is 3.26. The Hall–Kier alpha value is -2.14. The maximum atomic E-state index is 12.0. The van der Waals surface area contributed by atoms with Gasteiger partial charge < -0.3 is 15.6 Å². The summed E-state index contributed by atoms with van der Waals surface area (Å²) in [6.45, 7) is 4.07. The van der Waals surface area contributed by atoms with Crippen molar-refractivity contribution in [3.63, 3.8) is 0 Å². The minimum atomic E-state index is -0.558. The van der Waals surface area contributed by atoms with E-state index in [4.69, 9.17) is 10.3 Å². The van der Waals surface area contributed by atoms with Gasteiger partial charge in [-0.15, -0.1) is 0 Å². The van der Waals surface area contributed by atoms with Gasteiger partial charge in [0.15, 0.2) is 0 Å². The fraction of sp³-hybridized carbons (Fsp3) is 0.333. The third kappa shape index (κ3) is 3.45. The number of aromatic nitrogens is 1. The first-order valence-electron chi connectivity index (χ1n) is 6.57. The highest BCUT2D eigenvalue weighted by molar-refractivity contribution is 5.81. The Labute approximate surface area is 118 Å². The minimum absolute atomic E-state index is 0.172. The van der Waals surface area contributed by atoms with Gasteiger partial charge in [0.25, 0.3) is 0 Å². The van der Waals surface area contributed by atoms with Crippen molar-refractivity contribution in [1.29, 1.82) is 0 Å². The Morgan fingerprint density at radius 2 is 2.05 bits per heavy atom. The zero-order valence-electron chi connectivity index (χ0n) is 11.7. The van der Waals surface area contributed by atoms with Crippen molar-refractivity contribution in [2.45, 2.75) is 32.9 Å². The van der Waals surface area contributed by atoms with Gasteiger partial charge in [0, 0.05) is 12.1 Å². The molecule has 0 fully saturated rings. The van der Waals surface area contributed by atoms with Gasteiger partial charge in [-0.25, -0.2) is 0 Å². The molecule has 106 valence electrons. The van der Waals surface area contributed by atoms with E-state index in [1.807, 2.05) is 44.2 Å². The van der Waals surface area contributed by atoms with Crippen molar-refractivity contribution in [1.82, 2.24) is 10.5 Å². The molecule has 1 aromatic carbocycles. The van der Waals surface area contributed by atoms with Gasteiger partial charge in [-0.05, 0) is 25.8 Å². The number of rotatable bonds is 5. The molecule has 20 heavy (non-hydrogen) atoms. The van der Waals surface area contributed by atoms with Crippen molar-refractivity contribution in [3.05, 3.63) is 52.9 Å². The van der Waals surface area contributed by atoms with Crippen LogP contribution in [0.3, 0.4) is 0 Å². The Morgan fingerprint density at radius 3 is 2.65 bits per heavy atom. The molecule has 2 aromatic rings. The predicted molar refractivity (Wildman–Crippen MR) is 75.9 cm³/mol. The molecule has 0 aliphatic carbocycles. The van der Waals surface area contributed by atoms with E-state index in [1.165, 1.54) is 0 Å². The molecule has 0 aliphatic rings. The summed E-state index contributed by atoms with van der Waals surface area (Å²) in [7, 11) is 0. The SMILES string of the molecule is Cc1noc(C)c1CNC(=O)[C@H](N)Cc1ccccc1. The molecule has 0 radical (unpaired) electrons. The molecule has 1 atom stereocenters. The lowest BCUT2D eigenvalue weighted by atomic mass is 10.1. The fourth-order valence-electron chi connectivity index (χ4n) is 2.02. The second-order valence-electron chi connectivity index (χ2n) is 4.82. The van der Waals surface area contributed by atoms with Crippen molar-refractivity contribution in [2.75, 3.05) is 0 Å². The van der Waals surface area contributed by atoms with Crippen LogP contribution in [0.2, 0.25) is 0 Å². The predicted octanol–water partition coefficient (Wildman–Crippen LogP) is 1.48. The van der Waals surface area contributed by atoms with Crippen molar-refractivity contribution < 1.29 is 9.32 Å². The molecular formula is C15H19N3O2. The first-order chi connectivity index (χ1) is 9.58. The third-order valence-electron chi connectivity index (χ3n) is 3.26. The topological polar surface area (TPSA) is 81.2 Å². The summed E-state index contributed by atoms with van der Waals surface area (Å²) < 4.78 is 5.05. The quantitative estimate of drug-likeness (QED) is 0.864. The molecule has 0 spiro atoms. The molecule has 2 rings (SSSR count). The number of carbonyl (C=O) groups excluding carboxylic acids is 1. The Balaban J connectivity index is 1.89. The van der Waals surface area contributed by atoms with Gasteiger partial charge in [0.1, 0.15) is 5.76 Å². The summed E-state index contributed by atoms with van der Waals surface area (Å²) in [5, 5.41) is 6.67. The molecule has 5 heteroatoms. The lowest BCUT2D eigenvalue weighted by Gasteiger charge is -2.12. The van der Waals surface area contributed by atoms with E-state index in [0.717, 1.165) is 22.6 Å². The van der Waals surface area contributed by atoms with Crippen molar-refractivity contribution >= 4 is 5.91 Å². The van der Waals surface area contributed by atoms with Crippen LogP contribution in [0.1, 0.15) is 22.6 Å². The van der Waals surface area contributed by atoms with Gasteiger partial charge in [-0.1, -0.05) is 35.5 Å². The maximum Gasteiger partial charge on any atom is 0.237 e. The monoisotopic (exact) mass is 273 g/mol. The van der Waals surface area contributed by atoms with E-state index < -0.39 is 6.04 Å². The number of aryl methyl sites for hydroxylation is 2. The van der Waals surface area contributed by atoms with Crippen LogP contribution in [0.4, 0.5) is 0 Å². The largest absolute Gasteiger partial charge is 0.361 e. The van der Waals surface area contributed by atoms with E-state index in [-0.39, 0.29) is 5.91 Å². The number of benzene rings is 1. The normalized spacial score (nSPS) is 12.2. The number of nitrogens with zero attached hydrogens (tertiary/aromatic N) is 1. The number of hydrogen-bond donors (Lipinski definition) is 2. The molecule has 0 bridgehead atoms. The maximum absolute atomic E-state index is 12.0. The van der Waals surface area contributed by atoms with Crippen LogP contribution in [0.5, 0.6) is 0 Å². The molecule has 0 unspecified atom stereocenters. The lowest BCUT2D eigenvalue weighted by Crippen LogP contribution is -2.41. The van der Waals surface area contributed by atoms with Crippen LogP contribution in [-0.4, -0.2) is 17.1 Å². The van der Waals surface area contributed by atoms with Gasteiger partial charge in [-0.2, -0.15) is 0 Å². The van der Waals surface area contributed by atoms with Crippen LogP contribution >= 0.6 is 0 Å². The van der Waals surface area contributed by atoms with Crippen molar-refractivity contribution in [2.24, 2.45) is 5.73 Å². The molecule has 0 saturated heterocycles. The average molecular weight is 273 g/mol. The fourth-order valence-corrected chi connectivity index (χ4v) is 2.02. The molecule has 1 aromatic heterocycles. The number of carbonyl (C=O) groups is 1. The first-order valence-corrected chi connectivity index (χ1v) is 6.57. The average Bonchev–Trinajstić information content (AvgIpc) is 2.76. The smallest absolute Gasteiger partial charge is 0.237 e. The molecule has 3 N–H and O–H groups in total. The number of hydrogen-bond acceptors (Lipinski definition) is 4. The highest BCUT2D eigenvalue weighted by Gasteiger charge is 2.15. The summed E-state index contributed by atoms with van der Waals surface area (Å²) in [6.07, 6.45) is 0.522. The van der Waals surface area contributed by atoms with Gasteiger partial charge in [-0.3, -0.25) is 4.79 Å². The lowest BCUT2D eigenvalue weighted by molar-refractivity contribution is -0.122. The minimum Gasteiger partial charge on any atom is -0.361 e. The van der Waals surface area contributed by atoms with Crippen LogP contribution < -0.4 is 11.1 Å². The van der Waals surface area contributed by atoms with Gasteiger partial charge >= 0.3 is 0 Å². The number of nitrogens with one attached hydrogen (secondary N) is 1. The summed E-state index contributed by atoms with van der Waals surface area (Å²) >= 11 is 0. The molecule has 1 amide bonds. The van der Waals surface area contributed by atoms with Gasteiger partial charge in [0.05, 0.1) is 11.7 Å². The van der Waals surface area contributed by atoms with Crippen LogP contribution in [0, 0.1) is 13.8 Å². The summed E-state index contributed by atoms with van der Waals surface area (Å²) in [6, 6.07) is 9.17. The zero-order chi connectivity index (χ0) is 14.5. The van der Waals surface area contributed by atoms with Crippen LogP contribution in [-0.2, 0) is 17.8 Å². The summed E-state index contributed by atoms with van der Waals surface area (Å²) in [4.78, 5) is 12.0. The summed E-state index contributed by atoms with van der Waals surface area (Å²) in [5.41, 5.74) is 8.66. The van der Waals surface area contributed by atoms with Crippen LogP contribution in [0.25, 0.3) is 0 Å². The van der Waals surface area contributed by atoms with E-state index in [0.29, 0.717) is 13.0 Å². The molecule has 1 heterocycles. The van der Waals surface area contributed by atoms with E-state index in [2.05, 4.69) is 10.5 Å². The Bertz CT molecular complexity index is 559. The molecular weight excluding hydrogens is 254 g/mol. The van der Waals surface area contributed by atoms with E-state index in [1.54, 1.807) is 0 Å². The van der Waals surface area contributed by atoms with E-state index >= 15 is 0 Å². The first kappa shape index (κ1) is 14.3. The molecule has 0 saturated carbocycles. The van der Waals surface area contributed by atoms with Crippen LogP contribution in [0.15, 0.2) is 34.9 Å². The Morgan fingerprint density at radius 1 is 1.35 bits per heavy atom. The Kier molecular flexibility index (Phi) is 4.53. The highest BCUT2D eigenvalue weighted by atomic mass is 16.5.